The Morgan fingerprint density at radius 1 is 0.482 bits per heavy atom. The molecule has 7 aromatic carbocycles. The number of furan rings is 1. The quantitative estimate of drug-likeness (QED) is 0.185. The molecule has 1 aliphatic rings. The number of nitrogens with zero attached hydrogens (tertiary/aromatic N) is 5. The summed E-state index contributed by atoms with van der Waals surface area (Å²) in [7, 11) is 0. The number of anilines is 1. The van der Waals surface area contributed by atoms with E-state index in [1.807, 2.05) is 72.8 Å². The van der Waals surface area contributed by atoms with Gasteiger partial charge in [0.1, 0.15) is 17.5 Å². The number of aromatic nitrogens is 4. The van der Waals surface area contributed by atoms with Gasteiger partial charge >= 0.3 is 0 Å². The van der Waals surface area contributed by atoms with Crippen molar-refractivity contribution in [3.63, 3.8) is 0 Å². The van der Waals surface area contributed by atoms with Crippen LogP contribution in [0.25, 0.3) is 72.6 Å². The summed E-state index contributed by atoms with van der Waals surface area (Å²) in [6.07, 6.45) is -0.333. The van der Waals surface area contributed by atoms with Crippen molar-refractivity contribution in [1.29, 1.82) is 0 Å². The average molecular weight is 721 g/mol. The first kappa shape index (κ1) is 31.8. The molecule has 0 bridgehead atoms. The van der Waals surface area contributed by atoms with Gasteiger partial charge in [0.25, 0.3) is 0 Å². The second-order valence-electron chi connectivity index (χ2n) is 13.9. The lowest BCUT2D eigenvalue weighted by Crippen LogP contribution is -2.19. The van der Waals surface area contributed by atoms with E-state index < -0.39 is 0 Å². The van der Waals surface area contributed by atoms with E-state index in [1.165, 1.54) is 0 Å². The number of para-hydroxylation sites is 1. The molecule has 0 saturated carbocycles. The van der Waals surface area contributed by atoms with Crippen LogP contribution < -0.4 is 5.32 Å². The minimum absolute atomic E-state index is 0.333. The maximum Gasteiger partial charge on any atom is 0.238 e. The van der Waals surface area contributed by atoms with E-state index in [1.54, 1.807) is 0 Å². The van der Waals surface area contributed by atoms with Gasteiger partial charge < -0.3 is 9.73 Å². The van der Waals surface area contributed by atoms with Crippen molar-refractivity contribution >= 4 is 44.2 Å². The second kappa shape index (κ2) is 13.0. The summed E-state index contributed by atoms with van der Waals surface area (Å²) in [5.41, 5.74) is 10.5. The summed E-state index contributed by atoms with van der Waals surface area (Å²) in [4.78, 5) is 20.8. The molecule has 1 N–H and O–H groups in total. The molecule has 0 radical (unpaired) electrons. The van der Waals surface area contributed by atoms with Gasteiger partial charge in [0.15, 0.2) is 17.4 Å². The molecule has 1 unspecified atom stereocenters. The van der Waals surface area contributed by atoms with Crippen LogP contribution in [0.3, 0.4) is 0 Å². The van der Waals surface area contributed by atoms with Gasteiger partial charge in [-0.25, -0.2) is 4.98 Å². The van der Waals surface area contributed by atoms with Crippen molar-refractivity contribution in [1.82, 2.24) is 19.5 Å². The Balaban J connectivity index is 1.18. The zero-order valence-corrected chi connectivity index (χ0v) is 30.0. The van der Waals surface area contributed by atoms with E-state index in [-0.39, 0.29) is 6.17 Å². The van der Waals surface area contributed by atoms with Crippen LogP contribution in [-0.2, 0) is 0 Å². The van der Waals surface area contributed by atoms with Gasteiger partial charge in [0.2, 0.25) is 5.95 Å². The molecule has 7 heteroatoms. The van der Waals surface area contributed by atoms with E-state index in [4.69, 9.17) is 24.4 Å². The number of hydrogen-bond donors (Lipinski definition) is 1. The first-order valence-corrected chi connectivity index (χ1v) is 18.7. The molecular formula is C49H32N6O. The second-order valence-corrected chi connectivity index (χ2v) is 13.9. The molecule has 3 aromatic heterocycles. The summed E-state index contributed by atoms with van der Waals surface area (Å²) in [5.74, 6) is 2.39. The lowest BCUT2D eigenvalue weighted by molar-refractivity contribution is 0.599. The summed E-state index contributed by atoms with van der Waals surface area (Å²) >= 11 is 0. The van der Waals surface area contributed by atoms with Gasteiger partial charge in [-0.15, -0.1) is 0 Å². The molecule has 11 rings (SSSR count). The monoisotopic (exact) mass is 720 g/mol. The van der Waals surface area contributed by atoms with Gasteiger partial charge in [-0.2, -0.15) is 9.97 Å². The highest BCUT2D eigenvalue weighted by molar-refractivity contribution is 6.26. The van der Waals surface area contributed by atoms with Crippen molar-refractivity contribution in [3.05, 3.63) is 199 Å². The number of aliphatic imine (C=N–C) groups is 1. The Labute approximate surface area is 322 Å². The average Bonchev–Trinajstić information content (AvgIpc) is 3.83. The Morgan fingerprint density at radius 3 is 1.73 bits per heavy atom. The molecule has 10 aromatic rings. The Morgan fingerprint density at radius 2 is 1.04 bits per heavy atom. The van der Waals surface area contributed by atoms with Gasteiger partial charge in [0.05, 0.1) is 22.1 Å². The molecule has 0 spiro atoms. The van der Waals surface area contributed by atoms with Crippen molar-refractivity contribution in [2.24, 2.45) is 4.99 Å². The third-order valence-electron chi connectivity index (χ3n) is 10.5. The predicted molar refractivity (Wildman–Crippen MR) is 225 cm³/mol. The number of benzene rings is 7. The minimum Gasteiger partial charge on any atom is -0.452 e. The van der Waals surface area contributed by atoms with Crippen LogP contribution in [-0.4, -0.2) is 25.2 Å². The van der Waals surface area contributed by atoms with Crippen LogP contribution >= 0.6 is 0 Å². The highest BCUT2D eigenvalue weighted by Gasteiger charge is 2.31. The molecule has 0 aliphatic carbocycles. The van der Waals surface area contributed by atoms with E-state index in [2.05, 4.69) is 119 Å². The van der Waals surface area contributed by atoms with Gasteiger partial charge in [0, 0.05) is 27.5 Å². The van der Waals surface area contributed by atoms with E-state index in [0.29, 0.717) is 23.4 Å². The molecular weight excluding hydrogens is 689 g/mol. The summed E-state index contributed by atoms with van der Waals surface area (Å²) in [6, 6.07) is 62.1. The van der Waals surface area contributed by atoms with Crippen molar-refractivity contribution < 1.29 is 4.42 Å². The van der Waals surface area contributed by atoms with Crippen LogP contribution in [0, 0.1) is 0 Å². The standard InChI is InChI=1S/C49H32N6O/c1-5-15-31(16-6-1)32-25-27-36(28-26-32)48-52-47(35-21-11-4-12-22-35)53-49(54-48)55-39-24-14-13-23-37(39)38-29-30-40-41(44(38)55)43-45(56-40)42(33-17-7-2-8-18-33)50-46(51-43)34-19-9-3-10-20-34/h1-30,46,51H. The maximum absolute atomic E-state index is 6.81. The fraction of sp³-hybridized carbons (Fsp3) is 0.0204. The van der Waals surface area contributed by atoms with E-state index in [0.717, 1.165) is 77.6 Å². The van der Waals surface area contributed by atoms with Gasteiger partial charge in [-0.05, 0) is 34.9 Å². The Kier molecular flexibility index (Phi) is 7.41. The smallest absolute Gasteiger partial charge is 0.238 e. The molecule has 1 aliphatic heterocycles. The highest BCUT2D eigenvalue weighted by Crippen LogP contribution is 2.45. The number of fused-ring (bicyclic) bond motifs is 7. The van der Waals surface area contributed by atoms with E-state index >= 15 is 0 Å². The fourth-order valence-electron chi connectivity index (χ4n) is 7.86. The lowest BCUT2D eigenvalue weighted by Gasteiger charge is -2.23. The number of nitrogens with one attached hydrogen (secondary N) is 1. The number of rotatable bonds is 6. The summed E-state index contributed by atoms with van der Waals surface area (Å²) in [6.45, 7) is 0. The zero-order valence-electron chi connectivity index (χ0n) is 30.0. The molecule has 264 valence electrons. The largest absolute Gasteiger partial charge is 0.452 e. The van der Waals surface area contributed by atoms with Crippen molar-refractivity contribution in [2.45, 2.75) is 6.17 Å². The minimum atomic E-state index is -0.333. The van der Waals surface area contributed by atoms with Crippen LogP contribution in [0.2, 0.25) is 0 Å². The maximum atomic E-state index is 6.81. The summed E-state index contributed by atoms with van der Waals surface area (Å²) < 4.78 is 8.98. The highest BCUT2D eigenvalue weighted by atomic mass is 16.3. The SMILES string of the molecule is c1ccc(C2=NC(c3ccccc3)Nc3c2oc2ccc4c5ccccc5n(-c5nc(-c6ccccc6)nc(-c6ccc(-c7ccccc7)cc6)n5)c4c32)cc1. The van der Waals surface area contributed by atoms with Gasteiger partial charge in [-0.3, -0.25) is 9.56 Å². The Bertz CT molecular complexity index is 3080. The van der Waals surface area contributed by atoms with Crippen LogP contribution in [0.4, 0.5) is 5.69 Å². The molecule has 0 amide bonds. The first-order chi connectivity index (χ1) is 27.8. The van der Waals surface area contributed by atoms with Crippen LogP contribution in [0.5, 0.6) is 0 Å². The van der Waals surface area contributed by atoms with Crippen LogP contribution in [0.1, 0.15) is 23.1 Å². The molecule has 4 heterocycles. The molecule has 7 nitrogen and oxygen atoms in total. The first-order valence-electron chi connectivity index (χ1n) is 18.7. The Hall–Kier alpha value is -7.64. The molecule has 56 heavy (non-hydrogen) atoms. The number of hydrogen-bond acceptors (Lipinski definition) is 6. The third kappa shape index (κ3) is 5.28. The van der Waals surface area contributed by atoms with E-state index in [9.17, 15) is 0 Å². The summed E-state index contributed by atoms with van der Waals surface area (Å²) in [5, 5.41) is 6.88. The van der Waals surface area contributed by atoms with Crippen molar-refractivity contribution in [2.75, 3.05) is 5.32 Å². The topological polar surface area (TPSA) is 81.1 Å². The van der Waals surface area contributed by atoms with Crippen LogP contribution in [0.15, 0.2) is 191 Å². The molecule has 1 atom stereocenters. The fourth-order valence-corrected chi connectivity index (χ4v) is 7.86. The van der Waals surface area contributed by atoms with Gasteiger partial charge in [-0.1, -0.05) is 164 Å². The lowest BCUT2D eigenvalue weighted by atomic mass is 10.0. The zero-order chi connectivity index (χ0) is 37.0. The molecule has 0 saturated heterocycles. The van der Waals surface area contributed by atoms with Crippen molar-refractivity contribution in [3.8, 4) is 39.9 Å². The normalized spacial score (nSPS) is 13.8. The molecule has 0 fully saturated rings. The third-order valence-corrected chi connectivity index (χ3v) is 10.5. The predicted octanol–water partition coefficient (Wildman–Crippen LogP) is 11.7.